The number of carbonyl (C=O) groups is 1. The van der Waals surface area contributed by atoms with Crippen LogP contribution in [-0.2, 0) is 0 Å². The second kappa shape index (κ2) is 8.53. The van der Waals surface area contributed by atoms with E-state index in [1.807, 2.05) is 65.6 Å². The lowest BCUT2D eigenvalue weighted by molar-refractivity contribution is 0.0728. The Morgan fingerprint density at radius 1 is 1.07 bits per heavy atom. The Kier molecular flexibility index (Phi) is 5.68. The molecule has 1 amide bonds. The number of nitrogens with one attached hydrogen (secondary N) is 1. The molecule has 4 nitrogen and oxygen atoms in total. The Morgan fingerprint density at radius 3 is 2.54 bits per heavy atom. The van der Waals surface area contributed by atoms with Crippen molar-refractivity contribution in [3.63, 3.8) is 0 Å². The van der Waals surface area contributed by atoms with Crippen molar-refractivity contribution in [2.75, 3.05) is 26.2 Å². The van der Waals surface area contributed by atoms with E-state index in [4.69, 9.17) is 4.98 Å². The number of pyridine rings is 1. The van der Waals surface area contributed by atoms with Crippen molar-refractivity contribution in [3.05, 3.63) is 66.2 Å². The second-order valence-corrected chi connectivity index (χ2v) is 7.48. The predicted molar refractivity (Wildman–Crippen MR) is 114 cm³/mol. The van der Waals surface area contributed by atoms with E-state index in [2.05, 4.69) is 12.2 Å². The van der Waals surface area contributed by atoms with E-state index in [-0.39, 0.29) is 5.91 Å². The summed E-state index contributed by atoms with van der Waals surface area (Å²) in [5, 5.41) is 4.33. The smallest absolute Gasteiger partial charge is 0.254 e. The molecule has 0 radical (unpaired) electrons. The molecule has 0 aliphatic carbocycles. The number of rotatable bonds is 5. The summed E-state index contributed by atoms with van der Waals surface area (Å²) in [7, 11) is 0. The Hall–Kier alpha value is -2.72. The largest absolute Gasteiger partial charge is 0.339 e. The summed E-state index contributed by atoms with van der Waals surface area (Å²) < 4.78 is 0. The number of nitrogens with zero attached hydrogens (tertiary/aromatic N) is 2. The monoisotopic (exact) mass is 373 g/mol. The van der Waals surface area contributed by atoms with Gasteiger partial charge in [-0.15, -0.1) is 0 Å². The van der Waals surface area contributed by atoms with Crippen LogP contribution in [0.15, 0.2) is 60.7 Å². The Morgan fingerprint density at radius 2 is 1.79 bits per heavy atom. The number of benzene rings is 2. The first-order chi connectivity index (χ1) is 13.8. The fourth-order valence-electron chi connectivity index (χ4n) is 4.01. The normalized spacial score (nSPS) is 14.9. The first kappa shape index (κ1) is 18.6. The van der Waals surface area contributed by atoms with Gasteiger partial charge in [0, 0.05) is 24.0 Å². The molecule has 0 spiro atoms. The van der Waals surface area contributed by atoms with Crippen molar-refractivity contribution >= 4 is 16.8 Å². The van der Waals surface area contributed by atoms with Gasteiger partial charge in [-0.05, 0) is 50.9 Å². The zero-order valence-electron chi connectivity index (χ0n) is 16.4. The topological polar surface area (TPSA) is 45.2 Å². The molecule has 0 unspecified atom stereocenters. The molecule has 28 heavy (non-hydrogen) atoms. The number of fused-ring (bicyclic) bond motifs is 1. The van der Waals surface area contributed by atoms with E-state index in [0.29, 0.717) is 5.92 Å². The highest BCUT2D eigenvalue weighted by Gasteiger charge is 2.23. The van der Waals surface area contributed by atoms with Crippen LogP contribution < -0.4 is 5.32 Å². The molecule has 144 valence electrons. The van der Waals surface area contributed by atoms with Gasteiger partial charge in [-0.1, -0.05) is 48.5 Å². The van der Waals surface area contributed by atoms with Crippen LogP contribution in [0, 0.1) is 5.92 Å². The van der Waals surface area contributed by atoms with Gasteiger partial charge in [0.15, 0.2) is 0 Å². The summed E-state index contributed by atoms with van der Waals surface area (Å²) in [5.74, 6) is 0.684. The highest BCUT2D eigenvalue weighted by atomic mass is 16.2. The van der Waals surface area contributed by atoms with Crippen molar-refractivity contribution in [1.82, 2.24) is 15.2 Å². The number of para-hydroxylation sites is 1. The quantitative estimate of drug-likeness (QED) is 0.723. The molecule has 1 aliphatic rings. The van der Waals surface area contributed by atoms with Gasteiger partial charge in [0.25, 0.3) is 5.91 Å². The lowest BCUT2D eigenvalue weighted by Crippen LogP contribution is -2.39. The Balaban J connectivity index is 1.72. The van der Waals surface area contributed by atoms with Crippen molar-refractivity contribution in [1.29, 1.82) is 0 Å². The van der Waals surface area contributed by atoms with E-state index in [0.717, 1.165) is 66.7 Å². The molecule has 0 saturated carbocycles. The third kappa shape index (κ3) is 3.92. The zero-order valence-corrected chi connectivity index (χ0v) is 16.4. The average molecular weight is 374 g/mol. The molecule has 1 saturated heterocycles. The average Bonchev–Trinajstić information content (AvgIpc) is 2.77. The van der Waals surface area contributed by atoms with E-state index in [1.165, 1.54) is 0 Å². The maximum Gasteiger partial charge on any atom is 0.254 e. The maximum absolute atomic E-state index is 13.5. The van der Waals surface area contributed by atoms with Crippen molar-refractivity contribution < 1.29 is 4.79 Å². The third-order valence-electron chi connectivity index (χ3n) is 5.62. The van der Waals surface area contributed by atoms with Crippen molar-refractivity contribution in [2.45, 2.75) is 19.8 Å². The van der Waals surface area contributed by atoms with Gasteiger partial charge < -0.3 is 10.2 Å². The fraction of sp³-hybridized carbons (Fsp3) is 0.333. The molecule has 2 aromatic carbocycles. The molecule has 0 atom stereocenters. The first-order valence-corrected chi connectivity index (χ1v) is 10.2. The van der Waals surface area contributed by atoms with Gasteiger partial charge in [0.05, 0.1) is 16.8 Å². The van der Waals surface area contributed by atoms with Gasteiger partial charge >= 0.3 is 0 Å². The SMILES string of the molecule is CCN(CC1CCNCC1)C(=O)c1cc(-c2ccccc2)nc2ccccc12. The van der Waals surface area contributed by atoms with Gasteiger partial charge in [0.1, 0.15) is 0 Å². The minimum atomic E-state index is 0.108. The summed E-state index contributed by atoms with van der Waals surface area (Å²) in [6, 6.07) is 20.0. The lowest BCUT2D eigenvalue weighted by Gasteiger charge is -2.29. The minimum Gasteiger partial charge on any atom is -0.339 e. The molecule has 1 aliphatic heterocycles. The summed E-state index contributed by atoms with van der Waals surface area (Å²) in [4.78, 5) is 20.3. The number of hydrogen-bond acceptors (Lipinski definition) is 3. The molecule has 0 bridgehead atoms. The number of hydrogen-bond donors (Lipinski definition) is 1. The van der Waals surface area contributed by atoms with Gasteiger partial charge in [-0.2, -0.15) is 0 Å². The fourth-order valence-corrected chi connectivity index (χ4v) is 4.01. The number of amides is 1. The van der Waals surface area contributed by atoms with Crippen LogP contribution in [0.4, 0.5) is 0 Å². The van der Waals surface area contributed by atoms with Crippen molar-refractivity contribution in [3.8, 4) is 11.3 Å². The van der Waals surface area contributed by atoms with Crippen LogP contribution in [0.1, 0.15) is 30.1 Å². The van der Waals surface area contributed by atoms with Gasteiger partial charge in [-0.3, -0.25) is 4.79 Å². The van der Waals surface area contributed by atoms with Gasteiger partial charge in [-0.25, -0.2) is 4.98 Å². The van der Waals surface area contributed by atoms with Gasteiger partial charge in [0.2, 0.25) is 0 Å². The maximum atomic E-state index is 13.5. The predicted octanol–water partition coefficient (Wildman–Crippen LogP) is 4.36. The van der Waals surface area contributed by atoms with E-state index >= 15 is 0 Å². The van der Waals surface area contributed by atoms with Crippen LogP contribution in [0.2, 0.25) is 0 Å². The van der Waals surface area contributed by atoms with Crippen LogP contribution in [0.25, 0.3) is 22.2 Å². The van der Waals surface area contributed by atoms with Crippen LogP contribution in [-0.4, -0.2) is 42.0 Å². The molecule has 4 rings (SSSR count). The Bertz CT molecular complexity index is 948. The minimum absolute atomic E-state index is 0.108. The first-order valence-electron chi connectivity index (χ1n) is 10.2. The van der Waals surface area contributed by atoms with Crippen LogP contribution >= 0.6 is 0 Å². The molecular weight excluding hydrogens is 346 g/mol. The van der Waals surface area contributed by atoms with E-state index in [9.17, 15) is 4.79 Å². The molecule has 1 fully saturated rings. The highest BCUT2D eigenvalue weighted by Crippen LogP contribution is 2.26. The highest BCUT2D eigenvalue weighted by molar-refractivity contribution is 6.07. The summed E-state index contributed by atoms with van der Waals surface area (Å²) in [6.07, 6.45) is 2.27. The van der Waals surface area contributed by atoms with Crippen molar-refractivity contribution in [2.24, 2.45) is 5.92 Å². The summed E-state index contributed by atoms with van der Waals surface area (Å²) in [5.41, 5.74) is 3.50. The molecule has 1 aromatic heterocycles. The zero-order chi connectivity index (χ0) is 19.3. The van der Waals surface area contributed by atoms with E-state index < -0.39 is 0 Å². The molecule has 4 heteroatoms. The molecule has 2 heterocycles. The standard InChI is InChI=1S/C24H27N3O/c1-2-27(17-18-12-14-25-15-13-18)24(28)21-16-23(19-8-4-3-5-9-19)26-22-11-7-6-10-20(21)22/h3-11,16,18,25H,2,12-15,17H2,1H3. The Labute approximate surface area is 166 Å². The molecule has 1 N–H and O–H groups in total. The second-order valence-electron chi connectivity index (χ2n) is 7.48. The van der Waals surface area contributed by atoms with Crippen LogP contribution in [0.3, 0.4) is 0 Å². The van der Waals surface area contributed by atoms with E-state index in [1.54, 1.807) is 0 Å². The summed E-state index contributed by atoms with van der Waals surface area (Å²) in [6.45, 7) is 5.72. The molecular formula is C24H27N3O. The summed E-state index contributed by atoms with van der Waals surface area (Å²) >= 11 is 0. The number of aromatic nitrogens is 1. The number of piperidine rings is 1. The van der Waals surface area contributed by atoms with Crippen LogP contribution in [0.5, 0.6) is 0 Å². The molecule has 3 aromatic rings. The lowest BCUT2D eigenvalue weighted by atomic mass is 9.96. The number of carbonyl (C=O) groups excluding carboxylic acids is 1. The third-order valence-corrected chi connectivity index (χ3v) is 5.62.